The van der Waals surface area contributed by atoms with Gasteiger partial charge in [0, 0.05) is 28.0 Å². The van der Waals surface area contributed by atoms with Crippen molar-refractivity contribution in [1.29, 1.82) is 0 Å². The number of ether oxygens (including phenoxy) is 1. The van der Waals surface area contributed by atoms with E-state index >= 15 is 0 Å². The molecule has 0 saturated heterocycles. The maximum atomic E-state index is 10.7. The van der Waals surface area contributed by atoms with Crippen molar-refractivity contribution in [3.8, 4) is 0 Å². The molecule has 0 saturated carbocycles. The second-order valence-corrected chi connectivity index (χ2v) is 6.87. The Morgan fingerprint density at radius 2 is 1.94 bits per heavy atom. The fourth-order valence-electron chi connectivity index (χ4n) is 1.39. The molecule has 4 nitrogen and oxygen atoms in total. The van der Waals surface area contributed by atoms with Crippen LogP contribution in [0.3, 0.4) is 0 Å². The van der Waals surface area contributed by atoms with Crippen LogP contribution in [0.1, 0.15) is 20.3 Å². The average molecular weight is 313 g/mol. The molecule has 1 unspecified atom stereocenters. The van der Waals surface area contributed by atoms with Crippen LogP contribution in [0.2, 0.25) is 0 Å². The molecule has 1 atom stereocenters. The average Bonchev–Trinajstić information content (AvgIpc) is 2.27. The zero-order valence-corrected chi connectivity index (χ0v) is 12.3. The Kier molecular flexibility index (Phi) is 8.24. The second kappa shape index (κ2) is 8.51. The first-order valence-corrected chi connectivity index (χ1v) is 8.35. The zero-order chi connectivity index (χ0) is 14.2. The van der Waals surface area contributed by atoms with Crippen LogP contribution >= 0.6 is 21.4 Å². The summed E-state index contributed by atoms with van der Waals surface area (Å²) in [6.07, 6.45) is 6.40. The van der Waals surface area contributed by atoms with Crippen molar-refractivity contribution in [1.82, 2.24) is 0 Å². The molecule has 0 aliphatic heterocycles. The van der Waals surface area contributed by atoms with Gasteiger partial charge < -0.3 is 4.74 Å². The van der Waals surface area contributed by atoms with Crippen molar-refractivity contribution in [2.24, 2.45) is 0 Å². The number of rotatable bonds is 3. The Morgan fingerprint density at radius 1 is 1.39 bits per heavy atom. The molecule has 18 heavy (non-hydrogen) atoms. The molecular weight excluding hydrogens is 299 g/mol. The maximum Gasteiger partial charge on any atom is 0.317 e. The Hall–Kier alpha value is -0.580. The summed E-state index contributed by atoms with van der Waals surface area (Å²) >= 11 is 0. The SMILES string of the molecule is CCOC1C=CC=C(CC)C1=C=O.O=S(=O)(Cl)Cl. The van der Waals surface area contributed by atoms with E-state index in [2.05, 4.69) is 21.4 Å². The zero-order valence-electron chi connectivity index (χ0n) is 10.0. The minimum atomic E-state index is -3.72. The van der Waals surface area contributed by atoms with Crippen molar-refractivity contribution >= 4 is 35.6 Å². The van der Waals surface area contributed by atoms with Crippen molar-refractivity contribution in [3.63, 3.8) is 0 Å². The topological polar surface area (TPSA) is 60.4 Å². The van der Waals surface area contributed by atoms with Crippen LogP contribution in [0.25, 0.3) is 0 Å². The molecule has 0 spiro atoms. The number of allylic oxidation sites excluding steroid dienone is 2. The maximum absolute atomic E-state index is 10.7. The summed E-state index contributed by atoms with van der Waals surface area (Å²) in [7, 11) is 4.81. The molecule has 102 valence electrons. The van der Waals surface area contributed by atoms with E-state index in [-0.39, 0.29) is 6.10 Å². The number of carbonyl (C=O) groups excluding carboxylic acids is 1. The molecule has 1 rings (SSSR count). The highest BCUT2D eigenvalue weighted by Crippen LogP contribution is 2.22. The lowest BCUT2D eigenvalue weighted by molar-refractivity contribution is 0.122. The van der Waals surface area contributed by atoms with Crippen molar-refractivity contribution < 1.29 is 17.9 Å². The monoisotopic (exact) mass is 312 g/mol. The lowest BCUT2D eigenvalue weighted by atomic mass is 9.95. The molecule has 0 fully saturated rings. The summed E-state index contributed by atoms with van der Waals surface area (Å²) in [4.78, 5) is 10.7. The van der Waals surface area contributed by atoms with Crippen LogP contribution in [0.4, 0.5) is 0 Å². The summed E-state index contributed by atoms with van der Waals surface area (Å²) in [5.41, 5.74) is 1.67. The van der Waals surface area contributed by atoms with Crippen LogP contribution in [-0.4, -0.2) is 27.1 Å². The highest BCUT2D eigenvalue weighted by Gasteiger charge is 2.17. The fourth-order valence-corrected chi connectivity index (χ4v) is 1.39. The van der Waals surface area contributed by atoms with E-state index in [1.54, 1.807) is 0 Å². The lowest BCUT2D eigenvalue weighted by Gasteiger charge is -2.18. The number of halogens is 2. The molecule has 0 N–H and O–H groups in total. The summed E-state index contributed by atoms with van der Waals surface area (Å²) in [6, 6.07) is 0. The Balaban J connectivity index is 0.000000494. The van der Waals surface area contributed by atoms with E-state index in [1.807, 2.05) is 38.0 Å². The van der Waals surface area contributed by atoms with Gasteiger partial charge in [0.05, 0.1) is 5.57 Å². The predicted octanol–water partition coefficient (Wildman–Crippen LogP) is 2.76. The lowest BCUT2D eigenvalue weighted by Crippen LogP contribution is -2.17. The summed E-state index contributed by atoms with van der Waals surface area (Å²) in [5.74, 6) is 1.96. The Bertz CT molecular complexity index is 465. The molecular formula is C11H14Cl2O4S. The van der Waals surface area contributed by atoms with Crippen LogP contribution < -0.4 is 0 Å². The van der Waals surface area contributed by atoms with Crippen molar-refractivity contribution in [2.45, 2.75) is 26.4 Å². The molecule has 0 aromatic rings. The van der Waals surface area contributed by atoms with E-state index < -0.39 is 8.26 Å². The highest BCUT2D eigenvalue weighted by atomic mass is 36.0. The van der Waals surface area contributed by atoms with Gasteiger partial charge in [0.2, 0.25) is 0 Å². The van der Waals surface area contributed by atoms with Gasteiger partial charge >= 0.3 is 8.26 Å². The number of hydrogen-bond donors (Lipinski definition) is 0. The first-order valence-electron chi connectivity index (χ1n) is 5.22. The van der Waals surface area contributed by atoms with Crippen molar-refractivity contribution in [3.05, 3.63) is 29.4 Å². The Labute approximate surface area is 116 Å². The van der Waals surface area contributed by atoms with E-state index in [9.17, 15) is 4.79 Å². The predicted molar refractivity (Wildman–Crippen MR) is 72.8 cm³/mol. The smallest absolute Gasteiger partial charge is 0.317 e. The molecule has 7 heteroatoms. The van der Waals surface area contributed by atoms with Gasteiger partial charge in [-0.05, 0) is 18.9 Å². The molecule has 0 bridgehead atoms. The van der Waals surface area contributed by atoms with Crippen LogP contribution in [-0.2, 0) is 17.8 Å². The normalized spacial score (nSPS) is 18.6. The van der Waals surface area contributed by atoms with Gasteiger partial charge in [-0.25, -0.2) is 4.79 Å². The summed E-state index contributed by atoms with van der Waals surface area (Å²) in [6.45, 7) is 4.54. The third kappa shape index (κ3) is 7.69. The third-order valence-corrected chi connectivity index (χ3v) is 2.05. The largest absolute Gasteiger partial charge is 0.369 e. The molecule has 1 aliphatic rings. The summed E-state index contributed by atoms with van der Waals surface area (Å²) < 4.78 is 23.7. The first kappa shape index (κ1) is 17.4. The second-order valence-electron chi connectivity index (χ2n) is 3.20. The minimum Gasteiger partial charge on any atom is -0.369 e. The third-order valence-electron chi connectivity index (χ3n) is 2.05. The van der Waals surface area contributed by atoms with Gasteiger partial charge in [-0.3, -0.25) is 0 Å². The van der Waals surface area contributed by atoms with E-state index in [0.29, 0.717) is 12.2 Å². The van der Waals surface area contributed by atoms with Gasteiger partial charge in [-0.15, -0.1) is 0 Å². The molecule has 0 heterocycles. The van der Waals surface area contributed by atoms with Crippen molar-refractivity contribution in [2.75, 3.05) is 6.61 Å². The van der Waals surface area contributed by atoms with Gasteiger partial charge in [0.15, 0.2) is 0 Å². The first-order chi connectivity index (χ1) is 8.33. The van der Waals surface area contributed by atoms with Gasteiger partial charge in [0.25, 0.3) is 0 Å². The van der Waals surface area contributed by atoms with Crippen LogP contribution in [0.15, 0.2) is 29.4 Å². The van der Waals surface area contributed by atoms with Gasteiger partial charge in [-0.2, -0.15) is 8.42 Å². The van der Waals surface area contributed by atoms with Crippen LogP contribution in [0.5, 0.6) is 0 Å². The van der Waals surface area contributed by atoms with E-state index in [4.69, 9.17) is 13.2 Å². The number of hydrogen-bond acceptors (Lipinski definition) is 4. The van der Waals surface area contributed by atoms with Gasteiger partial charge in [0.1, 0.15) is 12.0 Å². The Morgan fingerprint density at radius 3 is 2.33 bits per heavy atom. The highest BCUT2D eigenvalue weighted by molar-refractivity contribution is 8.31. The molecule has 1 aliphatic carbocycles. The fraction of sp³-hybridized carbons (Fsp3) is 0.455. The quantitative estimate of drug-likeness (QED) is 0.594. The summed E-state index contributed by atoms with van der Waals surface area (Å²) in [5, 5.41) is 0. The standard InChI is InChI=1S/C11H14O2.Cl2O2S/c1-3-9-6-5-7-11(13-4-2)10(9)8-12;1-5(2,3)4/h5-7,11H,3-4H2,1-2H3;. The molecule has 0 radical (unpaired) electrons. The minimum absolute atomic E-state index is 0.192. The van der Waals surface area contributed by atoms with Crippen LogP contribution in [0, 0.1) is 0 Å². The molecule has 0 aromatic heterocycles. The van der Waals surface area contributed by atoms with Gasteiger partial charge in [-0.1, -0.05) is 25.2 Å². The van der Waals surface area contributed by atoms with E-state index in [1.165, 1.54) is 0 Å². The molecule has 0 aromatic carbocycles. The van der Waals surface area contributed by atoms with E-state index in [0.717, 1.165) is 12.0 Å². The molecule has 0 amide bonds.